The van der Waals surface area contributed by atoms with Gasteiger partial charge in [0.1, 0.15) is 5.75 Å². The summed E-state index contributed by atoms with van der Waals surface area (Å²) in [7, 11) is 0. The fourth-order valence-corrected chi connectivity index (χ4v) is 1.45. The van der Waals surface area contributed by atoms with Gasteiger partial charge in [0, 0.05) is 18.2 Å². The molecule has 72 valence electrons. The van der Waals surface area contributed by atoms with Crippen molar-refractivity contribution in [1.82, 2.24) is 0 Å². The molecule has 1 atom stereocenters. The average molecular weight is 201 g/mol. The van der Waals surface area contributed by atoms with Gasteiger partial charge in [0.2, 0.25) is 0 Å². The lowest BCUT2D eigenvalue weighted by Gasteiger charge is -2.13. The molecule has 0 saturated carbocycles. The Hall–Kier alpha value is -0.770. The molecular weight excluding hydrogens is 188 g/mol. The van der Waals surface area contributed by atoms with Crippen molar-refractivity contribution in [2.24, 2.45) is 11.5 Å². The zero-order chi connectivity index (χ0) is 10.0. The highest BCUT2D eigenvalue weighted by atomic mass is 35.5. The van der Waals surface area contributed by atoms with E-state index in [4.69, 9.17) is 23.1 Å². The van der Waals surface area contributed by atoms with Gasteiger partial charge in [-0.25, -0.2) is 0 Å². The SMILES string of the molecule is Cc1cc(Cl)c(O)c([C@@H](N)CN)c1. The van der Waals surface area contributed by atoms with Crippen molar-refractivity contribution >= 4 is 11.6 Å². The van der Waals surface area contributed by atoms with Crippen LogP contribution in [0, 0.1) is 6.92 Å². The van der Waals surface area contributed by atoms with Gasteiger partial charge >= 0.3 is 0 Å². The largest absolute Gasteiger partial charge is 0.506 e. The second kappa shape index (κ2) is 3.96. The molecule has 0 aliphatic heterocycles. The number of benzene rings is 1. The Morgan fingerprint density at radius 1 is 1.54 bits per heavy atom. The minimum atomic E-state index is -0.364. The maximum Gasteiger partial charge on any atom is 0.138 e. The summed E-state index contributed by atoms with van der Waals surface area (Å²) in [6.45, 7) is 2.17. The summed E-state index contributed by atoms with van der Waals surface area (Å²) in [4.78, 5) is 0. The van der Waals surface area contributed by atoms with Gasteiger partial charge in [-0.2, -0.15) is 0 Å². The van der Waals surface area contributed by atoms with Gasteiger partial charge in [-0.05, 0) is 18.6 Å². The molecule has 5 N–H and O–H groups in total. The summed E-state index contributed by atoms with van der Waals surface area (Å²) in [5.74, 6) is 0.0326. The predicted octanol–water partition coefficient (Wildman–Crippen LogP) is 1.31. The number of phenolic OH excluding ortho intramolecular Hbond substituents is 1. The first-order valence-electron chi connectivity index (χ1n) is 4.01. The van der Waals surface area contributed by atoms with Crippen LogP contribution in [0.15, 0.2) is 12.1 Å². The van der Waals surface area contributed by atoms with Crippen LogP contribution in [0.1, 0.15) is 17.2 Å². The Morgan fingerprint density at radius 3 is 2.69 bits per heavy atom. The molecule has 0 heterocycles. The highest BCUT2D eigenvalue weighted by Gasteiger charge is 2.12. The van der Waals surface area contributed by atoms with E-state index in [1.54, 1.807) is 12.1 Å². The van der Waals surface area contributed by atoms with Crippen LogP contribution in [-0.4, -0.2) is 11.7 Å². The number of halogens is 1. The number of phenols is 1. The third kappa shape index (κ3) is 2.12. The number of rotatable bonds is 2. The number of aromatic hydroxyl groups is 1. The third-order valence-electron chi connectivity index (χ3n) is 1.89. The Balaban J connectivity index is 3.20. The topological polar surface area (TPSA) is 72.3 Å². The van der Waals surface area contributed by atoms with Gasteiger partial charge in [0.05, 0.1) is 5.02 Å². The molecule has 0 aliphatic carbocycles. The molecular formula is C9H13ClN2O. The van der Waals surface area contributed by atoms with Crippen molar-refractivity contribution in [3.8, 4) is 5.75 Å². The zero-order valence-corrected chi connectivity index (χ0v) is 8.17. The quantitative estimate of drug-likeness (QED) is 0.674. The van der Waals surface area contributed by atoms with Crippen molar-refractivity contribution < 1.29 is 5.11 Å². The van der Waals surface area contributed by atoms with E-state index >= 15 is 0 Å². The second-order valence-corrected chi connectivity index (χ2v) is 3.43. The minimum absolute atomic E-state index is 0.0326. The van der Waals surface area contributed by atoms with Gasteiger partial charge in [0.25, 0.3) is 0 Å². The van der Waals surface area contributed by atoms with Gasteiger partial charge in [-0.15, -0.1) is 0 Å². The first-order chi connectivity index (χ1) is 6.06. The van der Waals surface area contributed by atoms with Gasteiger partial charge in [-0.1, -0.05) is 17.7 Å². The van der Waals surface area contributed by atoms with Crippen molar-refractivity contribution in [2.75, 3.05) is 6.54 Å². The maximum atomic E-state index is 9.56. The number of hydrogen-bond donors (Lipinski definition) is 3. The van der Waals surface area contributed by atoms with Crippen LogP contribution >= 0.6 is 11.6 Å². The fraction of sp³-hybridized carbons (Fsp3) is 0.333. The third-order valence-corrected chi connectivity index (χ3v) is 2.18. The van der Waals surface area contributed by atoms with Gasteiger partial charge < -0.3 is 16.6 Å². The van der Waals surface area contributed by atoms with Crippen LogP contribution in [-0.2, 0) is 0 Å². The molecule has 0 unspecified atom stereocenters. The standard InChI is InChI=1S/C9H13ClN2O/c1-5-2-6(8(12)4-11)9(13)7(10)3-5/h2-3,8,13H,4,11-12H2,1H3/t8-/m0/s1. The van der Waals surface area contributed by atoms with Crippen molar-refractivity contribution in [1.29, 1.82) is 0 Å². The van der Waals surface area contributed by atoms with E-state index in [-0.39, 0.29) is 18.3 Å². The Labute approximate surface area is 82.3 Å². The van der Waals surface area contributed by atoms with Crippen LogP contribution in [0.25, 0.3) is 0 Å². The maximum absolute atomic E-state index is 9.56. The van der Waals surface area contributed by atoms with Crippen LogP contribution in [0.5, 0.6) is 5.75 Å². The highest BCUT2D eigenvalue weighted by Crippen LogP contribution is 2.31. The molecule has 0 aromatic heterocycles. The predicted molar refractivity (Wildman–Crippen MR) is 53.8 cm³/mol. The first kappa shape index (κ1) is 10.3. The van der Waals surface area contributed by atoms with Crippen LogP contribution in [0.3, 0.4) is 0 Å². The van der Waals surface area contributed by atoms with E-state index < -0.39 is 0 Å². The normalized spacial score (nSPS) is 12.9. The first-order valence-corrected chi connectivity index (χ1v) is 4.38. The van der Waals surface area contributed by atoms with E-state index in [1.807, 2.05) is 6.92 Å². The minimum Gasteiger partial charge on any atom is -0.506 e. The number of nitrogens with two attached hydrogens (primary N) is 2. The average Bonchev–Trinajstić information content (AvgIpc) is 2.10. The van der Waals surface area contributed by atoms with E-state index in [9.17, 15) is 5.11 Å². The molecule has 1 rings (SSSR count). The van der Waals surface area contributed by atoms with Crippen molar-refractivity contribution in [3.63, 3.8) is 0 Å². The van der Waals surface area contributed by atoms with Gasteiger partial charge in [-0.3, -0.25) is 0 Å². The second-order valence-electron chi connectivity index (χ2n) is 3.03. The van der Waals surface area contributed by atoms with Crippen LogP contribution in [0.4, 0.5) is 0 Å². The lowest BCUT2D eigenvalue weighted by atomic mass is 10.0. The van der Waals surface area contributed by atoms with Crippen LogP contribution in [0.2, 0.25) is 5.02 Å². The monoisotopic (exact) mass is 200 g/mol. The fourth-order valence-electron chi connectivity index (χ4n) is 1.17. The van der Waals surface area contributed by atoms with Gasteiger partial charge in [0.15, 0.2) is 0 Å². The smallest absolute Gasteiger partial charge is 0.138 e. The molecule has 3 nitrogen and oxygen atoms in total. The zero-order valence-electron chi connectivity index (χ0n) is 7.42. The lowest BCUT2D eigenvalue weighted by molar-refractivity contribution is 0.462. The summed E-state index contributed by atoms with van der Waals surface area (Å²) in [5.41, 5.74) is 12.6. The summed E-state index contributed by atoms with van der Waals surface area (Å²) < 4.78 is 0. The molecule has 0 spiro atoms. The number of hydrogen-bond acceptors (Lipinski definition) is 3. The summed E-state index contributed by atoms with van der Waals surface area (Å²) >= 11 is 5.77. The molecule has 0 saturated heterocycles. The molecule has 13 heavy (non-hydrogen) atoms. The molecule has 0 aliphatic rings. The molecule has 0 amide bonds. The molecule has 0 bridgehead atoms. The Bertz CT molecular complexity index is 315. The molecule has 0 fully saturated rings. The van der Waals surface area contributed by atoms with Crippen molar-refractivity contribution in [3.05, 3.63) is 28.3 Å². The highest BCUT2D eigenvalue weighted by molar-refractivity contribution is 6.32. The van der Waals surface area contributed by atoms with E-state index in [0.717, 1.165) is 5.56 Å². The summed E-state index contributed by atoms with van der Waals surface area (Å²) in [5, 5.41) is 9.87. The molecule has 1 aromatic rings. The van der Waals surface area contributed by atoms with E-state index in [2.05, 4.69) is 0 Å². The molecule has 4 heteroatoms. The Morgan fingerprint density at radius 2 is 2.15 bits per heavy atom. The Kier molecular flexibility index (Phi) is 3.14. The van der Waals surface area contributed by atoms with Crippen LogP contribution < -0.4 is 11.5 Å². The number of aryl methyl sites for hydroxylation is 1. The molecule has 0 radical (unpaired) electrons. The van der Waals surface area contributed by atoms with E-state index in [0.29, 0.717) is 10.6 Å². The van der Waals surface area contributed by atoms with E-state index in [1.165, 1.54) is 0 Å². The summed E-state index contributed by atoms with van der Waals surface area (Å²) in [6.07, 6.45) is 0. The lowest BCUT2D eigenvalue weighted by Crippen LogP contribution is -2.20. The molecule has 1 aromatic carbocycles. The van der Waals surface area contributed by atoms with Crippen molar-refractivity contribution in [2.45, 2.75) is 13.0 Å². The summed E-state index contributed by atoms with van der Waals surface area (Å²) in [6, 6.07) is 3.11.